The SMILES string of the molecule is COCC(=O)COC1CCCc2ccccc21. The number of rotatable bonds is 5. The fraction of sp³-hybridized carbons (Fsp3) is 0.500. The van der Waals surface area contributed by atoms with E-state index in [1.807, 2.05) is 6.07 Å². The quantitative estimate of drug-likeness (QED) is 0.784. The third-order valence-corrected chi connectivity index (χ3v) is 3.07. The van der Waals surface area contributed by atoms with Crippen LogP contribution in [-0.4, -0.2) is 26.1 Å². The van der Waals surface area contributed by atoms with E-state index in [1.165, 1.54) is 18.2 Å². The van der Waals surface area contributed by atoms with Crippen LogP contribution in [0, 0.1) is 0 Å². The summed E-state index contributed by atoms with van der Waals surface area (Å²) in [5.41, 5.74) is 2.59. The number of aryl methyl sites for hydroxylation is 1. The molecule has 1 aromatic rings. The molecule has 0 bridgehead atoms. The lowest BCUT2D eigenvalue weighted by molar-refractivity contribution is -0.129. The zero-order valence-electron chi connectivity index (χ0n) is 10.1. The molecule has 3 nitrogen and oxygen atoms in total. The summed E-state index contributed by atoms with van der Waals surface area (Å²) >= 11 is 0. The lowest BCUT2D eigenvalue weighted by Crippen LogP contribution is -2.19. The molecule has 1 atom stereocenters. The first-order chi connectivity index (χ1) is 8.31. The summed E-state index contributed by atoms with van der Waals surface area (Å²) in [6, 6.07) is 8.32. The molecule has 17 heavy (non-hydrogen) atoms. The third-order valence-electron chi connectivity index (χ3n) is 3.07. The van der Waals surface area contributed by atoms with E-state index in [-0.39, 0.29) is 25.1 Å². The van der Waals surface area contributed by atoms with Gasteiger partial charge < -0.3 is 9.47 Å². The predicted octanol–water partition coefficient (Wildman–Crippen LogP) is 2.30. The van der Waals surface area contributed by atoms with Crippen LogP contribution in [0.2, 0.25) is 0 Å². The summed E-state index contributed by atoms with van der Waals surface area (Å²) in [6.45, 7) is 0.279. The van der Waals surface area contributed by atoms with E-state index in [0.717, 1.165) is 19.3 Å². The van der Waals surface area contributed by atoms with Crippen LogP contribution in [0.4, 0.5) is 0 Å². The average Bonchev–Trinajstić information content (AvgIpc) is 2.36. The van der Waals surface area contributed by atoms with Gasteiger partial charge in [0.05, 0.1) is 6.10 Å². The highest BCUT2D eigenvalue weighted by Gasteiger charge is 2.20. The maximum Gasteiger partial charge on any atom is 0.183 e. The molecule has 1 aliphatic rings. The Morgan fingerprint density at radius 2 is 2.18 bits per heavy atom. The number of Topliss-reactive ketones (excluding diaryl/α,β-unsaturated/α-hetero) is 1. The van der Waals surface area contributed by atoms with Gasteiger partial charge in [-0.1, -0.05) is 24.3 Å². The number of benzene rings is 1. The highest BCUT2D eigenvalue weighted by atomic mass is 16.5. The van der Waals surface area contributed by atoms with Gasteiger partial charge in [-0.25, -0.2) is 0 Å². The molecule has 1 aliphatic carbocycles. The molecule has 0 amide bonds. The summed E-state index contributed by atoms with van der Waals surface area (Å²) in [4.78, 5) is 11.3. The summed E-state index contributed by atoms with van der Waals surface area (Å²) in [7, 11) is 1.52. The van der Waals surface area contributed by atoms with Crippen molar-refractivity contribution in [2.75, 3.05) is 20.3 Å². The molecular formula is C14H18O3. The Morgan fingerprint density at radius 3 is 3.00 bits per heavy atom. The Kier molecular flexibility index (Phi) is 4.29. The molecule has 0 aliphatic heterocycles. The Balaban J connectivity index is 1.97. The van der Waals surface area contributed by atoms with Crippen molar-refractivity contribution in [2.45, 2.75) is 25.4 Å². The molecule has 0 radical (unpaired) electrons. The van der Waals surface area contributed by atoms with Crippen LogP contribution in [0.1, 0.15) is 30.1 Å². The van der Waals surface area contributed by atoms with Crippen molar-refractivity contribution in [1.29, 1.82) is 0 Å². The van der Waals surface area contributed by atoms with Crippen molar-refractivity contribution < 1.29 is 14.3 Å². The second-order valence-corrected chi connectivity index (χ2v) is 4.36. The van der Waals surface area contributed by atoms with Crippen LogP contribution in [-0.2, 0) is 20.7 Å². The van der Waals surface area contributed by atoms with Gasteiger partial charge >= 0.3 is 0 Å². The Bertz CT molecular complexity index is 387. The van der Waals surface area contributed by atoms with Crippen molar-refractivity contribution in [3.8, 4) is 0 Å². The predicted molar refractivity (Wildman–Crippen MR) is 65.0 cm³/mol. The number of hydrogen-bond acceptors (Lipinski definition) is 3. The van der Waals surface area contributed by atoms with E-state index >= 15 is 0 Å². The topological polar surface area (TPSA) is 35.5 Å². The van der Waals surface area contributed by atoms with Crippen LogP contribution < -0.4 is 0 Å². The summed E-state index contributed by atoms with van der Waals surface area (Å²) < 4.78 is 10.5. The van der Waals surface area contributed by atoms with Gasteiger partial charge in [0.25, 0.3) is 0 Å². The highest BCUT2D eigenvalue weighted by molar-refractivity contribution is 5.80. The fourth-order valence-electron chi connectivity index (χ4n) is 2.28. The standard InChI is InChI=1S/C14H18O3/c1-16-9-12(15)10-17-14-8-4-6-11-5-2-3-7-13(11)14/h2-3,5,7,14H,4,6,8-10H2,1H3. The lowest BCUT2D eigenvalue weighted by atomic mass is 9.89. The molecule has 3 heteroatoms. The van der Waals surface area contributed by atoms with Crippen molar-refractivity contribution in [1.82, 2.24) is 0 Å². The number of carbonyl (C=O) groups is 1. The molecular weight excluding hydrogens is 216 g/mol. The smallest absolute Gasteiger partial charge is 0.183 e. The van der Waals surface area contributed by atoms with E-state index in [4.69, 9.17) is 9.47 Å². The minimum atomic E-state index is -0.00412. The molecule has 0 saturated carbocycles. The number of hydrogen-bond donors (Lipinski definition) is 0. The van der Waals surface area contributed by atoms with Crippen molar-refractivity contribution in [2.24, 2.45) is 0 Å². The van der Waals surface area contributed by atoms with Gasteiger partial charge in [-0.3, -0.25) is 4.79 Å². The van der Waals surface area contributed by atoms with Gasteiger partial charge in [-0.15, -0.1) is 0 Å². The van der Waals surface area contributed by atoms with E-state index < -0.39 is 0 Å². The van der Waals surface area contributed by atoms with Crippen molar-refractivity contribution >= 4 is 5.78 Å². The highest BCUT2D eigenvalue weighted by Crippen LogP contribution is 2.32. The molecule has 0 heterocycles. The van der Waals surface area contributed by atoms with E-state index in [9.17, 15) is 4.79 Å². The monoisotopic (exact) mass is 234 g/mol. The van der Waals surface area contributed by atoms with Gasteiger partial charge in [0.1, 0.15) is 13.2 Å². The van der Waals surface area contributed by atoms with Crippen molar-refractivity contribution in [3.05, 3.63) is 35.4 Å². The van der Waals surface area contributed by atoms with Crippen LogP contribution in [0.5, 0.6) is 0 Å². The van der Waals surface area contributed by atoms with Gasteiger partial charge in [0.15, 0.2) is 5.78 Å². The van der Waals surface area contributed by atoms with E-state index in [0.29, 0.717) is 0 Å². The number of fused-ring (bicyclic) bond motifs is 1. The molecule has 0 aromatic heterocycles. The van der Waals surface area contributed by atoms with Gasteiger partial charge in [-0.05, 0) is 30.4 Å². The molecule has 92 valence electrons. The average molecular weight is 234 g/mol. The Labute approximate surface area is 102 Å². The summed E-state index contributed by atoms with van der Waals surface area (Å²) in [5.74, 6) is -0.00412. The van der Waals surface area contributed by atoms with E-state index in [1.54, 1.807) is 0 Å². The minimum absolute atomic E-state index is 0.00412. The maximum absolute atomic E-state index is 11.3. The summed E-state index contributed by atoms with van der Waals surface area (Å²) in [5, 5.41) is 0. The van der Waals surface area contributed by atoms with Gasteiger partial charge in [0.2, 0.25) is 0 Å². The van der Waals surface area contributed by atoms with E-state index in [2.05, 4.69) is 18.2 Å². The Hall–Kier alpha value is -1.19. The zero-order valence-corrected chi connectivity index (χ0v) is 10.1. The first kappa shape index (κ1) is 12.3. The summed E-state index contributed by atoms with van der Waals surface area (Å²) in [6.07, 6.45) is 3.31. The normalized spacial score (nSPS) is 18.8. The molecule has 1 unspecified atom stereocenters. The van der Waals surface area contributed by atoms with Gasteiger partial charge in [-0.2, -0.15) is 0 Å². The molecule has 2 rings (SSSR count). The molecule has 0 saturated heterocycles. The number of ketones is 1. The van der Waals surface area contributed by atoms with Crippen molar-refractivity contribution in [3.63, 3.8) is 0 Å². The molecule has 0 spiro atoms. The second kappa shape index (κ2) is 5.94. The third kappa shape index (κ3) is 3.14. The number of carbonyl (C=O) groups excluding carboxylic acids is 1. The van der Waals surface area contributed by atoms with Crippen LogP contribution in [0.25, 0.3) is 0 Å². The first-order valence-corrected chi connectivity index (χ1v) is 6.01. The molecule has 0 N–H and O–H groups in total. The minimum Gasteiger partial charge on any atom is -0.377 e. The fourth-order valence-corrected chi connectivity index (χ4v) is 2.28. The number of methoxy groups -OCH3 is 1. The van der Waals surface area contributed by atoms with Crippen LogP contribution in [0.15, 0.2) is 24.3 Å². The lowest BCUT2D eigenvalue weighted by Gasteiger charge is -2.25. The van der Waals surface area contributed by atoms with Crippen LogP contribution >= 0.6 is 0 Å². The van der Waals surface area contributed by atoms with Crippen LogP contribution in [0.3, 0.4) is 0 Å². The zero-order chi connectivity index (χ0) is 12.1. The number of ether oxygens (including phenoxy) is 2. The maximum atomic E-state index is 11.3. The second-order valence-electron chi connectivity index (χ2n) is 4.36. The molecule has 0 fully saturated rings. The first-order valence-electron chi connectivity index (χ1n) is 6.01. The van der Waals surface area contributed by atoms with Gasteiger partial charge in [0, 0.05) is 7.11 Å². The molecule has 1 aromatic carbocycles. The largest absolute Gasteiger partial charge is 0.377 e. The Morgan fingerprint density at radius 1 is 1.35 bits per heavy atom.